The van der Waals surface area contributed by atoms with Crippen LogP contribution in [0.4, 0.5) is 5.82 Å². The summed E-state index contributed by atoms with van der Waals surface area (Å²) in [5.74, 6) is 1.10. The predicted octanol–water partition coefficient (Wildman–Crippen LogP) is 3.94. The van der Waals surface area contributed by atoms with Gasteiger partial charge in [-0.3, -0.25) is 19.4 Å². The summed E-state index contributed by atoms with van der Waals surface area (Å²) in [6.45, 7) is 0. The second-order valence-corrected chi connectivity index (χ2v) is 7.65. The molecule has 1 unspecified atom stereocenters. The van der Waals surface area contributed by atoms with Crippen LogP contribution in [0, 0.1) is 0 Å². The number of rotatable bonds is 3. The van der Waals surface area contributed by atoms with Gasteiger partial charge >= 0.3 is 0 Å². The highest BCUT2D eigenvalue weighted by Gasteiger charge is 2.34. The molecule has 6 nitrogen and oxygen atoms in total. The highest BCUT2D eigenvalue weighted by atomic mass is 16.5. The monoisotopic (exact) mass is 369 g/mol. The van der Waals surface area contributed by atoms with Crippen LogP contribution < -0.4 is 15.6 Å². The second-order valence-electron chi connectivity index (χ2n) is 7.65. The number of amides is 1. The first-order chi connectivity index (χ1) is 13.2. The van der Waals surface area contributed by atoms with Gasteiger partial charge in [-0.05, 0) is 30.5 Å². The molecule has 1 atom stereocenters. The fourth-order valence-electron chi connectivity index (χ4n) is 4.49. The van der Waals surface area contributed by atoms with Crippen LogP contribution in [0.25, 0.3) is 0 Å². The molecule has 144 valence electrons. The fraction of sp³-hybridized carbons (Fsp3) is 0.524. The summed E-state index contributed by atoms with van der Waals surface area (Å²) in [5.41, 5.74) is 1.51. The third kappa shape index (κ3) is 3.53. The molecule has 1 fully saturated rings. The highest BCUT2D eigenvalue weighted by molar-refractivity contribution is 5.94. The number of H-pyrrole nitrogens is 1. The number of nitrogens with one attached hydrogen (secondary N) is 2. The Hall–Kier alpha value is -2.50. The van der Waals surface area contributed by atoms with E-state index in [1.165, 1.54) is 19.3 Å². The van der Waals surface area contributed by atoms with Crippen molar-refractivity contribution in [2.45, 2.75) is 63.3 Å². The summed E-state index contributed by atoms with van der Waals surface area (Å²) in [5, 5.41) is 6.01. The molecule has 6 heteroatoms. The van der Waals surface area contributed by atoms with Crippen molar-refractivity contribution in [1.29, 1.82) is 0 Å². The number of carbonyl (C=O) groups is 1. The maximum absolute atomic E-state index is 12.9. The van der Waals surface area contributed by atoms with E-state index < -0.39 is 0 Å². The standard InChI is InChI=1S/C21H27N3O3/c1-27-16-11-7-8-14(12-16)17-13-18(25)22-20-19(17)21(26)23-24(20)15-9-5-3-2-4-6-10-15/h7-8,11-12,15,17H,2-6,9-10,13H2,1H3,(H,22,25)(H,23,26). The Morgan fingerprint density at radius 2 is 1.81 bits per heavy atom. The summed E-state index contributed by atoms with van der Waals surface area (Å²) < 4.78 is 7.26. The molecule has 0 saturated heterocycles. The lowest BCUT2D eigenvalue weighted by atomic mass is 9.87. The Morgan fingerprint density at radius 3 is 2.56 bits per heavy atom. The van der Waals surface area contributed by atoms with Gasteiger partial charge in [0.05, 0.1) is 18.7 Å². The van der Waals surface area contributed by atoms with Crippen molar-refractivity contribution in [2.24, 2.45) is 0 Å². The lowest BCUT2D eigenvalue weighted by Gasteiger charge is -2.27. The molecule has 1 aliphatic carbocycles. The van der Waals surface area contributed by atoms with Gasteiger partial charge in [-0.2, -0.15) is 0 Å². The van der Waals surface area contributed by atoms with Gasteiger partial charge in [0.25, 0.3) is 5.56 Å². The molecule has 1 aromatic carbocycles. The number of nitrogens with zero attached hydrogens (tertiary/aromatic N) is 1. The van der Waals surface area contributed by atoms with Crippen molar-refractivity contribution >= 4 is 11.7 Å². The Bertz CT molecular complexity index is 875. The second kappa shape index (κ2) is 7.62. The molecule has 0 spiro atoms. The number of aromatic amines is 1. The Balaban J connectivity index is 1.75. The van der Waals surface area contributed by atoms with E-state index in [0.717, 1.165) is 37.0 Å². The lowest BCUT2D eigenvalue weighted by Crippen LogP contribution is -2.27. The number of aromatic nitrogens is 2. The predicted molar refractivity (Wildman–Crippen MR) is 104 cm³/mol. The molecule has 27 heavy (non-hydrogen) atoms. The number of benzene rings is 1. The van der Waals surface area contributed by atoms with E-state index in [9.17, 15) is 9.59 Å². The van der Waals surface area contributed by atoms with E-state index in [1.54, 1.807) is 7.11 Å². The Labute approximate surface area is 158 Å². The van der Waals surface area contributed by atoms with Crippen LogP contribution in [-0.4, -0.2) is 22.8 Å². The fourth-order valence-corrected chi connectivity index (χ4v) is 4.49. The Kier molecular flexibility index (Phi) is 5.05. The number of hydrogen-bond acceptors (Lipinski definition) is 3. The third-order valence-corrected chi connectivity index (χ3v) is 5.89. The first-order valence-corrected chi connectivity index (χ1v) is 9.95. The van der Waals surface area contributed by atoms with Crippen LogP contribution in [0.5, 0.6) is 5.75 Å². The van der Waals surface area contributed by atoms with Gasteiger partial charge < -0.3 is 10.1 Å². The average Bonchev–Trinajstić information content (AvgIpc) is 2.97. The van der Waals surface area contributed by atoms with Crippen LogP contribution in [-0.2, 0) is 4.79 Å². The van der Waals surface area contributed by atoms with E-state index in [-0.39, 0.29) is 29.8 Å². The van der Waals surface area contributed by atoms with Gasteiger partial charge in [0, 0.05) is 12.3 Å². The summed E-state index contributed by atoms with van der Waals surface area (Å²) in [7, 11) is 1.62. The number of methoxy groups -OCH3 is 1. The molecule has 2 N–H and O–H groups in total. The summed E-state index contributed by atoms with van der Waals surface area (Å²) in [6.07, 6.45) is 8.44. The molecule has 1 aromatic heterocycles. The van der Waals surface area contributed by atoms with Crippen LogP contribution in [0.1, 0.15) is 74.5 Å². The quantitative estimate of drug-likeness (QED) is 0.860. The highest BCUT2D eigenvalue weighted by Crippen LogP contribution is 2.38. The summed E-state index contributed by atoms with van der Waals surface area (Å²) in [6, 6.07) is 7.89. The van der Waals surface area contributed by atoms with Crippen LogP contribution >= 0.6 is 0 Å². The zero-order valence-electron chi connectivity index (χ0n) is 15.8. The van der Waals surface area contributed by atoms with Gasteiger partial charge in [0.15, 0.2) is 0 Å². The smallest absolute Gasteiger partial charge is 0.270 e. The number of anilines is 1. The van der Waals surface area contributed by atoms with Gasteiger partial charge in [0.1, 0.15) is 11.6 Å². The van der Waals surface area contributed by atoms with Crippen molar-refractivity contribution in [3.05, 3.63) is 45.7 Å². The van der Waals surface area contributed by atoms with Gasteiger partial charge in [-0.25, -0.2) is 0 Å². The van der Waals surface area contributed by atoms with E-state index in [1.807, 2.05) is 28.9 Å². The molecule has 4 rings (SSSR count). The molecule has 1 amide bonds. The van der Waals surface area contributed by atoms with E-state index >= 15 is 0 Å². The van der Waals surface area contributed by atoms with Crippen molar-refractivity contribution in [3.8, 4) is 5.75 Å². The first-order valence-electron chi connectivity index (χ1n) is 9.95. The molecule has 2 aromatic rings. The van der Waals surface area contributed by atoms with Crippen molar-refractivity contribution < 1.29 is 9.53 Å². The normalized spacial score (nSPS) is 21.1. The van der Waals surface area contributed by atoms with Crippen molar-refractivity contribution in [2.75, 3.05) is 12.4 Å². The minimum absolute atomic E-state index is 0.0473. The molecular weight excluding hydrogens is 342 g/mol. The minimum Gasteiger partial charge on any atom is -0.497 e. The first kappa shape index (κ1) is 17.9. The molecule has 2 aliphatic rings. The minimum atomic E-state index is -0.248. The van der Waals surface area contributed by atoms with Gasteiger partial charge in [-0.1, -0.05) is 44.2 Å². The maximum atomic E-state index is 12.9. The molecule has 1 saturated carbocycles. The van der Waals surface area contributed by atoms with Crippen LogP contribution in [0.2, 0.25) is 0 Å². The van der Waals surface area contributed by atoms with E-state index in [4.69, 9.17) is 4.74 Å². The van der Waals surface area contributed by atoms with Crippen molar-refractivity contribution in [3.63, 3.8) is 0 Å². The molecule has 1 aliphatic heterocycles. The van der Waals surface area contributed by atoms with E-state index in [0.29, 0.717) is 11.4 Å². The number of fused-ring (bicyclic) bond motifs is 1. The maximum Gasteiger partial charge on any atom is 0.270 e. The Morgan fingerprint density at radius 1 is 1.07 bits per heavy atom. The van der Waals surface area contributed by atoms with Crippen LogP contribution in [0.15, 0.2) is 29.1 Å². The summed E-state index contributed by atoms with van der Waals surface area (Å²) >= 11 is 0. The lowest BCUT2D eigenvalue weighted by molar-refractivity contribution is -0.116. The SMILES string of the molecule is COc1cccc(C2CC(=O)Nc3c2c(=O)[nH]n3C2CCCCCCC2)c1. The zero-order valence-corrected chi connectivity index (χ0v) is 15.8. The molecule has 0 radical (unpaired) electrons. The third-order valence-electron chi connectivity index (χ3n) is 5.89. The van der Waals surface area contributed by atoms with Crippen molar-refractivity contribution in [1.82, 2.24) is 9.78 Å². The number of hydrogen-bond donors (Lipinski definition) is 2. The zero-order chi connectivity index (χ0) is 18.8. The topological polar surface area (TPSA) is 76.1 Å². The van der Waals surface area contributed by atoms with Crippen LogP contribution in [0.3, 0.4) is 0 Å². The molecule has 2 heterocycles. The largest absolute Gasteiger partial charge is 0.497 e. The summed E-state index contributed by atoms with van der Waals surface area (Å²) in [4.78, 5) is 25.3. The van der Waals surface area contributed by atoms with Gasteiger partial charge in [0.2, 0.25) is 5.91 Å². The van der Waals surface area contributed by atoms with Gasteiger partial charge in [-0.15, -0.1) is 0 Å². The number of carbonyl (C=O) groups excluding carboxylic acids is 1. The van der Waals surface area contributed by atoms with E-state index in [2.05, 4.69) is 10.4 Å². The average molecular weight is 369 g/mol. The molecular formula is C21H27N3O3. The number of ether oxygens (including phenoxy) is 1. The molecule has 0 bridgehead atoms.